The highest BCUT2D eigenvalue weighted by atomic mass is 32.1. The molecule has 4 rings (SSSR count). The fourth-order valence-corrected chi connectivity index (χ4v) is 5.04. The van der Waals surface area contributed by atoms with Crippen LogP contribution in [-0.2, 0) is 12.8 Å². The van der Waals surface area contributed by atoms with Crippen LogP contribution in [0.5, 0.6) is 0 Å². The van der Waals surface area contributed by atoms with Gasteiger partial charge in [-0.25, -0.2) is 0 Å². The van der Waals surface area contributed by atoms with E-state index in [1.165, 1.54) is 21.2 Å². The Morgan fingerprint density at radius 3 is 2.34 bits per heavy atom. The summed E-state index contributed by atoms with van der Waals surface area (Å²) in [5.41, 5.74) is 2.47. The Balaban J connectivity index is 1.41. The molecule has 0 aliphatic rings. The van der Waals surface area contributed by atoms with E-state index in [9.17, 15) is 9.59 Å². The van der Waals surface area contributed by atoms with Gasteiger partial charge in [-0.05, 0) is 61.8 Å². The van der Waals surface area contributed by atoms with Crippen molar-refractivity contribution in [2.75, 3.05) is 31.3 Å². The molecule has 2 N–H and O–H groups in total. The highest BCUT2D eigenvalue weighted by molar-refractivity contribution is 7.17. The smallest absolute Gasteiger partial charge is 0.253 e. The van der Waals surface area contributed by atoms with Crippen LogP contribution >= 0.6 is 11.3 Å². The lowest BCUT2D eigenvalue weighted by molar-refractivity contribution is 0.303. The summed E-state index contributed by atoms with van der Waals surface area (Å²) < 4.78 is 1.26. The molecule has 0 aliphatic carbocycles. The quantitative estimate of drug-likeness (QED) is 0.358. The molecule has 1 aromatic heterocycles. The van der Waals surface area contributed by atoms with Crippen molar-refractivity contribution < 1.29 is 0 Å². The van der Waals surface area contributed by atoms with E-state index >= 15 is 0 Å². The molecule has 0 radical (unpaired) electrons. The van der Waals surface area contributed by atoms with Crippen LogP contribution in [0.1, 0.15) is 18.1 Å². The first-order valence-electron chi connectivity index (χ1n) is 10.9. The van der Waals surface area contributed by atoms with Gasteiger partial charge in [-0.15, -0.1) is 11.3 Å². The van der Waals surface area contributed by atoms with Crippen molar-refractivity contribution in [2.24, 2.45) is 0 Å². The largest absolute Gasteiger partial charge is 0.378 e. The van der Waals surface area contributed by atoms with E-state index in [1.54, 1.807) is 11.3 Å². The number of fused-ring (bicyclic) bond motifs is 1. The number of likely N-dealkylation sites (N-methyl/N-ethyl adjacent to an activating group) is 1. The van der Waals surface area contributed by atoms with Crippen molar-refractivity contribution >= 4 is 32.8 Å². The maximum atomic E-state index is 12.3. The van der Waals surface area contributed by atoms with Crippen LogP contribution in [0.2, 0.25) is 0 Å². The molecule has 0 saturated heterocycles. The molecule has 2 atom stereocenters. The number of rotatable bonds is 10. The predicted molar refractivity (Wildman–Crippen MR) is 136 cm³/mol. The van der Waals surface area contributed by atoms with Crippen molar-refractivity contribution in [3.05, 3.63) is 91.6 Å². The van der Waals surface area contributed by atoms with Gasteiger partial charge in [0.15, 0.2) is 0 Å². The predicted octanol–water partition coefficient (Wildman–Crippen LogP) is 4.13. The Labute approximate surface area is 192 Å². The minimum Gasteiger partial charge on any atom is -0.378 e. The number of hydrogen-bond donors (Lipinski definition) is 2. The maximum Gasteiger partial charge on any atom is 0.253 e. The molecule has 6 heteroatoms. The lowest BCUT2D eigenvalue weighted by Crippen LogP contribution is -2.43. The number of nitrogens with zero attached hydrogens (tertiary/aromatic N) is 1. The van der Waals surface area contributed by atoms with Crippen LogP contribution in [0.4, 0.5) is 11.4 Å². The first kappa shape index (κ1) is 22.2. The Morgan fingerprint density at radius 1 is 0.906 bits per heavy atom. The van der Waals surface area contributed by atoms with E-state index in [0.29, 0.717) is 17.9 Å². The molecule has 1 heterocycles. The van der Waals surface area contributed by atoms with Crippen LogP contribution in [0.15, 0.2) is 69.6 Å². The SMILES string of the molecule is C[C@H](Cc1csc2ccccc12)Nc1c(NC[C@H](Cc2ccccc2)N(C)C)c(=O)c1=O. The average Bonchev–Trinajstić information content (AvgIpc) is 3.20. The summed E-state index contributed by atoms with van der Waals surface area (Å²) >= 11 is 1.73. The van der Waals surface area contributed by atoms with Crippen molar-refractivity contribution in [3.8, 4) is 0 Å². The third-order valence-electron chi connectivity index (χ3n) is 5.95. The van der Waals surface area contributed by atoms with Crippen molar-refractivity contribution in [3.63, 3.8) is 0 Å². The normalized spacial score (nSPS) is 13.5. The second-order valence-corrected chi connectivity index (χ2v) is 9.51. The lowest BCUT2D eigenvalue weighted by atomic mass is 10.0. The molecule has 0 fully saturated rings. The molecule has 32 heavy (non-hydrogen) atoms. The summed E-state index contributed by atoms with van der Waals surface area (Å²) in [6.45, 7) is 2.64. The number of hydrogen-bond acceptors (Lipinski definition) is 6. The van der Waals surface area contributed by atoms with Gasteiger partial charge in [-0.3, -0.25) is 9.59 Å². The number of nitrogens with one attached hydrogen (secondary N) is 2. The van der Waals surface area contributed by atoms with Gasteiger partial charge in [0.25, 0.3) is 10.9 Å². The van der Waals surface area contributed by atoms with Gasteiger partial charge >= 0.3 is 0 Å². The molecule has 0 aliphatic heterocycles. The Kier molecular flexibility index (Phi) is 6.72. The first-order chi connectivity index (χ1) is 15.4. The molecule has 0 unspecified atom stereocenters. The summed E-state index contributed by atoms with van der Waals surface area (Å²) in [4.78, 5) is 26.7. The highest BCUT2D eigenvalue weighted by Gasteiger charge is 2.24. The maximum absolute atomic E-state index is 12.3. The zero-order chi connectivity index (χ0) is 22.7. The topological polar surface area (TPSA) is 61.4 Å². The van der Waals surface area contributed by atoms with Gasteiger partial charge in [0, 0.05) is 23.3 Å². The van der Waals surface area contributed by atoms with Gasteiger partial charge in [-0.2, -0.15) is 0 Å². The zero-order valence-corrected chi connectivity index (χ0v) is 19.5. The van der Waals surface area contributed by atoms with E-state index in [4.69, 9.17) is 0 Å². The van der Waals surface area contributed by atoms with E-state index in [1.807, 2.05) is 51.4 Å². The molecule has 0 amide bonds. The molecule has 4 aromatic rings. The monoisotopic (exact) mass is 447 g/mol. The third kappa shape index (κ3) is 4.76. The van der Waals surface area contributed by atoms with Crippen LogP contribution < -0.4 is 21.5 Å². The molecule has 0 spiro atoms. The van der Waals surface area contributed by atoms with Crippen molar-refractivity contribution in [1.82, 2.24) is 4.90 Å². The van der Waals surface area contributed by atoms with Gasteiger partial charge < -0.3 is 15.5 Å². The van der Waals surface area contributed by atoms with Crippen LogP contribution in [0.25, 0.3) is 10.1 Å². The average molecular weight is 448 g/mol. The summed E-state index contributed by atoms with van der Waals surface area (Å²) in [5.74, 6) is 0. The van der Waals surface area contributed by atoms with Crippen LogP contribution in [-0.4, -0.2) is 37.6 Å². The second kappa shape index (κ2) is 9.67. The van der Waals surface area contributed by atoms with E-state index < -0.39 is 10.9 Å². The summed E-state index contributed by atoms with van der Waals surface area (Å²) in [6.07, 6.45) is 1.65. The van der Waals surface area contributed by atoms with Crippen molar-refractivity contribution in [1.29, 1.82) is 0 Å². The summed E-state index contributed by atoms with van der Waals surface area (Å²) in [5, 5.41) is 9.97. The molecule has 3 aromatic carbocycles. The molecule has 0 bridgehead atoms. The molecular weight excluding hydrogens is 418 g/mol. The van der Waals surface area contributed by atoms with Gasteiger partial charge in [0.2, 0.25) is 0 Å². The first-order valence-corrected chi connectivity index (χ1v) is 11.8. The van der Waals surface area contributed by atoms with Gasteiger partial charge in [0.05, 0.1) is 0 Å². The number of benzene rings is 2. The minimum atomic E-state index is -0.432. The van der Waals surface area contributed by atoms with E-state index in [2.05, 4.69) is 45.2 Å². The third-order valence-corrected chi connectivity index (χ3v) is 6.96. The fraction of sp³-hybridized carbons (Fsp3) is 0.308. The van der Waals surface area contributed by atoms with Crippen LogP contribution in [0.3, 0.4) is 0 Å². The van der Waals surface area contributed by atoms with E-state index in [-0.39, 0.29) is 12.1 Å². The Morgan fingerprint density at radius 2 is 1.59 bits per heavy atom. The van der Waals surface area contributed by atoms with E-state index in [0.717, 1.165) is 12.8 Å². The molecular formula is C26H29N3O2S. The van der Waals surface area contributed by atoms with Crippen LogP contribution in [0, 0.1) is 0 Å². The number of thiophene rings is 1. The number of anilines is 2. The molecule has 166 valence electrons. The standard InChI is InChI=1S/C26H29N3O2S/c1-17(13-19-16-32-22-12-8-7-11-21(19)22)28-24-23(25(30)26(24)31)27-15-20(29(2)3)14-18-9-5-4-6-10-18/h4-12,16-17,20,27-28H,13-15H2,1-3H3/t17-,20+/m1/s1. The summed E-state index contributed by atoms with van der Waals surface area (Å²) in [6, 6.07) is 18.9. The minimum absolute atomic E-state index is 0.0332. The molecule has 0 saturated carbocycles. The highest BCUT2D eigenvalue weighted by Crippen LogP contribution is 2.27. The second-order valence-electron chi connectivity index (χ2n) is 8.60. The lowest BCUT2D eigenvalue weighted by Gasteiger charge is -2.26. The van der Waals surface area contributed by atoms with Gasteiger partial charge in [0.1, 0.15) is 11.4 Å². The van der Waals surface area contributed by atoms with Crippen molar-refractivity contribution in [2.45, 2.75) is 31.8 Å². The summed E-state index contributed by atoms with van der Waals surface area (Å²) in [7, 11) is 4.06. The van der Waals surface area contributed by atoms with Gasteiger partial charge in [-0.1, -0.05) is 48.5 Å². The molecule has 5 nitrogen and oxygen atoms in total. The zero-order valence-electron chi connectivity index (χ0n) is 18.7. The Hall–Kier alpha value is -2.96. The Bertz CT molecular complexity index is 1260. The fourth-order valence-electron chi connectivity index (χ4n) is 4.06.